The Morgan fingerprint density at radius 2 is 2.08 bits per heavy atom. The highest BCUT2D eigenvalue weighted by Gasteiger charge is 2.28. The van der Waals surface area contributed by atoms with Crippen molar-refractivity contribution in [2.24, 2.45) is 0 Å². The van der Waals surface area contributed by atoms with Crippen molar-refractivity contribution in [2.75, 3.05) is 32.4 Å². The maximum absolute atomic E-state index is 11.7. The van der Waals surface area contributed by atoms with Crippen LogP contribution >= 0.6 is 11.8 Å². The first-order valence-electron chi connectivity index (χ1n) is 4.10. The fourth-order valence-corrected chi connectivity index (χ4v) is 1.68. The first-order valence-corrected chi connectivity index (χ1v) is 5.09. The molecule has 1 aliphatic rings. The highest BCUT2D eigenvalue weighted by molar-refractivity contribution is 8.00. The molecule has 0 aromatic heterocycles. The number of thioether (sulfide) groups is 1. The van der Waals surface area contributed by atoms with Crippen LogP contribution in [0.1, 0.15) is 0 Å². The molecule has 0 atom stereocenters. The van der Waals surface area contributed by atoms with Gasteiger partial charge in [-0.15, -0.1) is 0 Å². The lowest BCUT2D eigenvalue weighted by Gasteiger charge is -2.35. The van der Waals surface area contributed by atoms with Crippen LogP contribution in [-0.4, -0.2) is 48.9 Å². The molecule has 1 fully saturated rings. The quantitative estimate of drug-likeness (QED) is 0.755. The molecular weight excluding hydrogens is 201 g/mol. The fraction of sp³-hybridized carbons (Fsp3) is 1.00. The standard InChI is InChI=1S/C7H13F3N2S/c1-12(6-4-11-5-6)2-3-13-7(8,9)10/h6,11H,2-5H2,1H3. The number of rotatable bonds is 4. The van der Waals surface area contributed by atoms with Crippen molar-refractivity contribution in [3.63, 3.8) is 0 Å². The number of hydrogen-bond donors (Lipinski definition) is 1. The van der Waals surface area contributed by atoms with E-state index in [9.17, 15) is 13.2 Å². The molecule has 13 heavy (non-hydrogen) atoms. The summed E-state index contributed by atoms with van der Waals surface area (Å²) < 4.78 is 35.2. The normalized spacial score (nSPS) is 19.2. The van der Waals surface area contributed by atoms with Crippen molar-refractivity contribution < 1.29 is 13.2 Å². The van der Waals surface area contributed by atoms with Gasteiger partial charge in [0.05, 0.1) is 0 Å². The molecule has 0 unspecified atom stereocenters. The Kier molecular flexibility index (Phi) is 3.87. The van der Waals surface area contributed by atoms with Crippen LogP contribution in [0.4, 0.5) is 13.2 Å². The van der Waals surface area contributed by atoms with E-state index in [2.05, 4.69) is 5.32 Å². The van der Waals surface area contributed by atoms with Crippen molar-refractivity contribution in [1.29, 1.82) is 0 Å². The number of likely N-dealkylation sites (N-methyl/N-ethyl adjacent to an activating group) is 1. The second-order valence-electron chi connectivity index (χ2n) is 3.09. The van der Waals surface area contributed by atoms with Crippen LogP contribution in [0.2, 0.25) is 0 Å². The summed E-state index contributed by atoms with van der Waals surface area (Å²) in [5.74, 6) is 0.122. The summed E-state index contributed by atoms with van der Waals surface area (Å²) in [7, 11) is 1.86. The molecular formula is C7H13F3N2S. The second-order valence-corrected chi connectivity index (χ2v) is 4.25. The highest BCUT2D eigenvalue weighted by Crippen LogP contribution is 2.29. The zero-order chi connectivity index (χ0) is 9.90. The van der Waals surface area contributed by atoms with Gasteiger partial charge in [-0.3, -0.25) is 0 Å². The Morgan fingerprint density at radius 1 is 1.46 bits per heavy atom. The van der Waals surface area contributed by atoms with Gasteiger partial charge in [0.15, 0.2) is 0 Å². The maximum Gasteiger partial charge on any atom is 0.441 e. The summed E-state index contributed by atoms with van der Waals surface area (Å²) >= 11 is 0.0518. The summed E-state index contributed by atoms with van der Waals surface area (Å²) in [5.41, 5.74) is -4.08. The molecule has 1 heterocycles. The van der Waals surface area contributed by atoms with Crippen molar-refractivity contribution in [2.45, 2.75) is 11.6 Å². The van der Waals surface area contributed by atoms with E-state index in [0.29, 0.717) is 12.6 Å². The molecule has 1 N–H and O–H groups in total. The van der Waals surface area contributed by atoms with Crippen LogP contribution in [0.3, 0.4) is 0 Å². The molecule has 0 amide bonds. The molecule has 0 saturated carbocycles. The van der Waals surface area contributed by atoms with E-state index in [4.69, 9.17) is 0 Å². The summed E-state index contributed by atoms with van der Waals surface area (Å²) in [6, 6.07) is 0.425. The number of halogens is 3. The summed E-state index contributed by atoms with van der Waals surface area (Å²) in [5, 5.41) is 3.08. The molecule has 1 rings (SSSR count). The van der Waals surface area contributed by atoms with Crippen LogP contribution < -0.4 is 5.32 Å². The Hall–Kier alpha value is 0.0600. The van der Waals surface area contributed by atoms with Gasteiger partial charge in [-0.05, 0) is 18.8 Å². The summed E-state index contributed by atoms with van der Waals surface area (Å²) in [6.45, 7) is 2.29. The zero-order valence-electron chi connectivity index (χ0n) is 7.40. The summed E-state index contributed by atoms with van der Waals surface area (Å²) in [4.78, 5) is 1.97. The molecule has 2 nitrogen and oxygen atoms in total. The van der Waals surface area contributed by atoms with Crippen molar-refractivity contribution in [3.05, 3.63) is 0 Å². The van der Waals surface area contributed by atoms with Gasteiger partial charge in [0.1, 0.15) is 0 Å². The topological polar surface area (TPSA) is 15.3 Å². The second kappa shape index (κ2) is 4.52. The highest BCUT2D eigenvalue weighted by atomic mass is 32.2. The average Bonchev–Trinajstić information content (AvgIpc) is 1.79. The molecule has 0 bridgehead atoms. The third-order valence-electron chi connectivity index (χ3n) is 2.09. The van der Waals surface area contributed by atoms with Gasteiger partial charge in [-0.1, -0.05) is 0 Å². The van der Waals surface area contributed by atoms with Gasteiger partial charge in [-0.2, -0.15) is 13.2 Å². The maximum atomic E-state index is 11.7. The molecule has 78 valence electrons. The van der Waals surface area contributed by atoms with Crippen molar-refractivity contribution >= 4 is 11.8 Å². The predicted octanol–water partition coefficient (Wildman–Crippen LogP) is 1.14. The number of alkyl halides is 3. The van der Waals surface area contributed by atoms with E-state index >= 15 is 0 Å². The molecule has 0 aromatic carbocycles. The van der Waals surface area contributed by atoms with E-state index in [1.807, 2.05) is 11.9 Å². The number of hydrogen-bond acceptors (Lipinski definition) is 3. The molecule has 0 aliphatic carbocycles. The third kappa shape index (κ3) is 4.19. The predicted molar refractivity (Wildman–Crippen MR) is 47.8 cm³/mol. The largest absolute Gasteiger partial charge is 0.441 e. The minimum absolute atomic E-state index is 0.0518. The Labute approximate surface area is 79.9 Å². The minimum Gasteiger partial charge on any atom is -0.314 e. The monoisotopic (exact) mass is 214 g/mol. The zero-order valence-corrected chi connectivity index (χ0v) is 8.21. The van der Waals surface area contributed by atoms with E-state index in [0.717, 1.165) is 13.1 Å². The Balaban J connectivity index is 2.04. The van der Waals surface area contributed by atoms with Gasteiger partial charge < -0.3 is 10.2 Å². The fourth-order valence-electron chi connectivity index (χ4n) is 1.07. The molecule has 0 radical (unpaired) electrons. The van der Waals surface area contributed by atoms with Crippen molar-refractivity contribution in [1.82, 2.24) is 10.2 Å². The van der Waals surface area contributed by atoms with Crippen LogP contribution in [0.15, 0.2) is 0 Å². The molecule has 0 spiro atoms. The molecule has 1 aliphatic heterocycles. The van der Waals surface area contributed by atoms with Crippen molar-refractivity contribution in [3.8, 4) is 0 Å². The SMILES string of the molecule is CN(CCSC(F)(F)F)C1CNC1. The first kappa shape index (κ1) is 11.1. The average molecular weight is 214 g/mol. The molecule has 1 saturated heterocycles. The first-order chi connectivity index (χ1) is 5.99. The van der Waals surface area contributed by atoms with E-state index in [1.165, 1.54) is 0 Å². The Morgan fingerprint density at radius 3 is 2.46 bits per heavy atom. The van der Waals surface area contributed by atoms with Gasteiger partial charge in [0.25, 0.3) is 0 Å². The van der Waals surface area contributed by atoms with Crippen LogP contribution in [0, 0.1) is 0 Å². The third-order valence-corrected chi connectivity index (χ3v) is 2.81. The minimum atomic E-state index is -4.08. The molecule has 6 heteroatoms. The summed E-state index contributed by atoms with van der Waals surface area (Å²) in [6.07, 6.45) is 0. The molecule has 0 aromatic rings. The van der Waals surface area contributed by atoms with Crippen LogP contribution in [0.25, 0.3) is 0 Å². The Bertz CT molecular complexity index is 158. The van der Waals surface area contributed by atoms with Crippen LogP contribution in [0.5, 0.6) is 0 Å². The van der Waals surface area contributed by atoms with E-state index < -0.39 is 5.51 Å². The van der Waals surface area contributed by atoms with E-state index in [-0.39, 0.29) is 17.5 Å². The van der Waals surface area contributed by atoms with E-state index in [1.54, 1.807) is 0 Å². The lowest BCUT2D eigenvalue weighted by Crippen LogP contribution is -2.56. The van der Waals surface area contributed by atoms with Gasteiger partial charge >= 0.3 is 5.51 Å². The van der Waals surface area contributed by atoms with Crippen LogP contribution in [-0.2, 0) is 0 Å². The van der Waals surface area contributed by atoms with Gasteiger partial charge in [-0.25, -0.2) is 0 Å². The van der Waals surface area contributed by atoms with Gasteiger partial charge in [0, 0.05) is 31.4 Å². The smallest absolute Gasteiger partial charge is 0.314 e. The lowest BCUT2D eigenvalue weighted by atomic mass is 10.1. The van der Waals surface area contributed by atoms with Gasteiger partial charge in [0.2, 0.25) is 0 Å². The number of nitrogens with one attached hydrogen (secondary N) is 1. The lowest BCUT2D eigenvalue weighted by molar-refractivity contribution is -0.0329. The number of nitrogens with zero attached hydrogens (tertiary/aromatic N) is 1.